The summed E-state index contributed by atoms with van der Waals surface area (Å²) in [6.07, 6.45) is 0. The molecule has 0 aliphatic rings. The summed E-state index contributed by atoms with van der Waals surface area (Å²) >= 11 is 1.02. The quantitative estimate of drug-likeness (QED) is 0.804. The monoisotopic (exact) mass is 293 g/mol. The minimum atomic E-state index is -1.06. The summed E-state index contributed by atoms with van der Waals surface area (Å²) in [5.74, 6) is -1.06. The van der Waals surface area contributed by atoms with Gasteiger partial charge in [0.25, 0.3) is 0 Å². The maximum absolute atomic E-state index is 11.3. The number of aryl methyl sites for hydroxylation is 2. The molecule has 1 aromatic heterocycles. The molecule has 0 amide bonds. The molecule has 0 aliphatic heterocycles. The molecule has 0 saturated carbocycles. The van der Waals surface area contributed by atoms with Gasteiger partial charge in [0.15, 0.2) is 5.16 Å². The number of hydrogen-bond donors (Lipinski definition) is 2. The number of carboxylic acids is 1. The molecule has 20 heavy (non-hydrogen) atoms. The number of aromatic carboxylic acids is 1. The lowest BCUT2D eigenvalue weighted by Crippen LogP contribution is -2.33. The summed E-state index contributed by atoms with van der Waals surface area (Å²) in [5.41, 5.74) is -0.859. The van der Waals surface area contributed by atoms with Crippen molar-refractivity contribution in [2.24, 2.45) is 7.05 Å². The van der Waals surface area contributed by atoms with Crippen molar-refractivity contribution in [3.63, 3.8) is 0 Å². The normalized spacial score (nSPS) is 10.5. The third-order valence-corrected chi connectivity index (χ3v) is 3.88. The van der Waals surface area contributed by atoms with Crippen LogP contribution >= 0.6 is 11.8 Å². The van der Waals surface area contributed by atoms with Gasteiger partial charge in [0.1, 0.15) is 0 Å². The van der Waals surface area contributed by atoms with Gasteiger partial charge in [-0.1, -0.05) is 12.1 Å². The molecule has 0 aliphatic carbocycles. The van der Waals surface area contributed by atoms with Crippen LogP contribution in [0.1, 0.15) is 15.9 Å². The maximum atomic E-state index is 11.3. The first-order chi connectivity index (χ1) is 9.40. The fourth-order valence-corrected chi connectivity index (χ4v) is 2.59. The van der Waals surface area contributed by atoms with E-state index in [9.17, 15) is 19.5 Å². The lowest BCUT2D eigenvalue weighted by molar-refractivity contribution is 0.0693. The Morgan fingerprint density at radius 1 is 1.40 bits per heavy atom. The van der Waals surface area contributed by atoms with Crippen molar-refractivity contribution in [1.29, 1.82) is 0 Å². The Labute approximate surface area is 117 Å². The van der Waals surface area contributed by atoms with Crippen LogP contribution in [0.5, 0.6) is 0 Å². The van der Waals surface area contributed by atoms with E-state index in [1.54, 1.807) is 19.1 Å². The van der Waals surface area contributed by atoms with Crippen molar-refractivity contribution in [1.82, 2.24) is 14.8 Å². The van der Waals surface area contributed by atoms with Crippen molar-refractivity contribution < 1.29 is 9.90 Å². The Morgan fingerprint density at radius 2 is 2.10 bits per heavy atom. The molecule has 2 rings (SSSR count). The minimum Gasteiger partial charge on any atom is -0.478 e. The molecule has 0 saturated heterocycles. The molecule has 0 fully saturated rings. The van der Waals surface area contributed by atoms with Gasteiger partial charge < -0.3 is 5.11 Å². The third-order valence-electron chi connectivity index (χ3n) is 2.58. The summed E-state index contributed by atoms with van der Waals surface area (Å²) in [7, 11) is 1.52. The predicted octanol–water partition coefficient (Wildman–Crippen LogP) is 0.626. The number of carboxylic acid groups (broad SMARTS) is 1. The number of aromatic amines is 1. The predicted molar refractivity (Wildman–Crippen MR) is 72.4 cm³/mol. The molecule has 0 atom stereocenters. The van der Waals surface area contributed by atoms with Crippen LogP contribution in [0.4, 0.5) is 0 Å². The maximum Gasteiger partial charge on any atom is 0.339 e. The minimum absolute atomic E-state index is 0.121. The first-order valence-corrected chi connectivity index (χ1v) is 6.40. The highest BCUT2D eigenvalue weighted by atomic mass is 32.2. The molecular weight excluding hydrogens is 282 g/mol. The molecular formula is C12H11N3O4S. The van der Waals surface area contributed by atoms with Crippen LogP contribution in [0, 0.1) is 6.92 Å². The second-order valence-corrected chi connectivity index (χ2v) is 5.04. The molecule has 1 heterocycles. The molecule has 1 aromatic carbocycles. The van der Waals surface area contributed by atoms with E-state index in [-0.39, 0.29) is 10.7 Å². The summed E-state index contributed by atoms with van der Waals surface area (Å²) in [4.78, 5) is 37.8. The van der Waals surface area contributed by atoms with E-state index in [1.807, 2.05) is 0 Å². The second kappa shape index (κ2) is 5.33. The fourth-order valence-electron chi connectivity index (χ4n) is 1.60. The van der Waals surface area contributed by atoms with Crippen LogP contribution in [0.3, 0.4) is 0 Å². The van der Waals surface area contributed by atoms with Crippen LogP contribution in [-0.4, -0.2) is 25.8 Å². The van der Waals surface area contributed by atoms with Crippen molar-refractivity contribution in [3.8, 4) is 0 Å². The van der Waals surface area contributed by atoms with Crippen LogP contribution in [0.25, 0.3) is 0 Å². The number of benzene rings is 1. The Balaban J connectivity index is 2.56. The zero-order valence-corrected chi connectivity index (χ0v) is 11.5. The number of carbonyl (C=O) groups is 1. The summed E-state index contributed by atoms with van der Waals surface area (Å²) in [6, 6.07) is 4.88. The van der Waals surface area contributed by atoms with Gasteiger partial charge in [0.05, 0.1) is 5.56 Å². The highest BCUT2D eigenvalue weighted by Gasteiger charge is 2.15. The third kappa shape index (κ3) is 2.64. The molecule has 104 valence electrons. The molecule has 0 radical (unpaired) electrons. The molecule has 8 heteroatoms. The van der Waals surface area contributed by atoms with E-state index >= 15 is 0 Å². The van der Waals surface area contributed by atoms with Gasteiger partial charge in [-0.15, -0.1) is 0 Å². The zero-order chi connectivity index (χ0) is 14.9. The van der Waals surface area contributed by atoms with E-state index < -0.39 is 17.1 Å². The first kappa shape index (κ1) is 14.1. The summed E-state index contributed by atoms with van der Waals surface area (Å²) in [6.45, 7) is 1.76. The average Bonchev–Trinajstić information content (AvgIpc) is 2.37. The molecule has 2 N–H and O–H groups in total. The number of aromatic nitrogens is 3. The van der Waals surface area contributed by atoms with Crippen molar-refractivity contribution in [2.45, 2.75) is 17.0 Å². The lowest BCUT2D eigenvalue weighted by atomic mass is 10.1. The van der Waals surface area contributed by atoms with E-state index in [0.717, 1.165) is 17.3 Å². The Bertz CT molecular complexity index is 794. The van der Waals surface area contributed by atoms with Crippen LogP contribution in [0.15, 0.2) is 37.8 Å². The SMILES string of the molecule is Cc1cccc(C(=O)O)c1Sc1nc(=O)c(=O)[nH]n1C. The van der Waals surface area contributed by atoms with Gasteiger partial charge in [-0.3, -0.25) is 19.4 Å². The topological polar surface area (TPSA) is 105 Å². The number of rotatable bonds is 3. The van der Waals surface area contributed by atoms with E-state index in [1.165, 1.54) is 17.8 Å². The Morgan fingerprint density at radius 3 is 2.75 bits per heavy atom. The van der Waals surface area contributed by atoms with E-state index in [0.29, 0.717) is 4.90 Å². The number of nitrogens with zero attached hydrogens (tertiary/aromatic N) is 2. The number of H-pyrrole nitrogens is 1. The van der Waals surface area contributed by atoms with Crippen LogP contribution in [0.2, 0.25) is 0 Å². The second-order valence-electron chi connectivity index (χ2n) is 4.06. The van der Waals surface area contributed by atoms with E-state index in [2.05, 4.69) is 10.1 Å². The Kier molecular flexibility index (Phi) is 3.75. The smallest absolute Gasteiger partial charge is 0.339 e. The van der Waals surface area contributed by atoms with E-state index in [4.69, 9.17) is 0 Å². The largest absolute Gasteiger partial charge is 0.478 e. The van der Waals surface area contributed by atoms with Crippen molar-refractivity contribution in [2.75, 3.05) is 0 Å². The number of nitrogens with one attached hydrogen (secondary N) is 1. The zero-order valence-electron chi connectivity index (χ0n) is 10.7. The highest BCUT2D eigenvalue weighted by molar-refractivity contribution is 7.99. The van der Waals surface area contributed by atoms with Gasteiger partial charge in [0, 0.05) is 11.9 Å². The summed E-state index contributed by atoms with van der Waals surface area (Å²) < 4.78 is 1.28. The van der Waals surface area contributed by atoms with Gasteiger partial charge in [-0.2, -0.15) is 4.98 Å². The van der Waals surface area contributed by atoms with Gasteiger partial charge >= 0.3 is 17.1 Å². The van der Waals surface area contributed by atoms with Crippen molar-refractivity contribution in [3.05, 3.63) is 50.0 Å². The number of hydrogen-bond acceptors (Lipinski definition) is 5. The summed E-state index contributed by atoms with van der Waals surface area (Å²) in [5, 5.41) is 11.7. The molecule has 0 bridgehead atoms. The lowest BCUT2D eigenvalue weighted by Gasteiger charge is -2.10. The molecule has 0 unspecified atom stereocenters. The Hall–Kier alpha value is -2.35. The standard InChI is InChI=1S/C12H11N3O4S/c1-6-4-3-5-7(11(18)19)8(6)20-12-13-9(16)10(17)14-15(12)2/h3-5H,1-2H3,(H,14,17)(H,18,19). The van der Waals surface area contributed by atoms with Gasteiger partial charge in [0.2, 0.25) is 0 Å². The van der Waals surface area contributed by atoms with Gasteiger partial charge in [-0.25, -0.2) is 4.79 Å². The van der Waals surface area contributed by atoms with Gasteiger partial charge in [-0.05, 0) is 30.3 Å². The average molecular weight is 293 g/mol. The van der Waals surface area contributed by atoms with Crippen LogP contribution < -0.4 is 11.1 Å². The first-order valence-electron chi connectivity index (χ1n) is 5.58. The highest BCUT2D eigenvalue weighted by Crippen LogP contribution is 2.30. The molecule has 0 spiro atoms. The molecule has 2 aromatic rings. The van der Waals surface area contributed by atoms with Crippen molar-refractivity contribution >= 4 is 17.7 Å². The van der Waals surface area contributed by atoms with Crippen LogP contribution in [-0.2, 0) is 7.05 Å². The fraction of sp³-hybridized carbons (Fsp3) is 0.167. The molecule has 7 nitrogen and oxygen atoms in total.